The van der Waals surface area contributed by atoms with Crippen LogP contribution in [0.1, 0.15) is 22.3 Å². The van der Waals surface area contributed by atoms with E-state index in [0.717, 1.165) is 5.56 Å². The largest absolute Gasteiger partial charge is 0.493 e. The van der Waals surface area contributed by atoms with Gasteiger partial charge >= 0.3 is 0 Å². The molecule has 31 heavy (non-hydrogen) atoms. The highest BCUT2D eigenvalue weighted by atomic mass is 32.2. The highest BCUT2D eigenvalue weighted by Crippen LogP contribution is 2.41. The van der Waals surface area contributed by atoms with E-state index < -0.39 is 5.56 Å². The molecule has 1 aromatic heterocycles. The second-order valence-corrected chi connectivity index (χ2v) is 7.73. The summed E-state index contributed by atoms with van der Waals surface area (Å²) in [7, 11) is 4.51. The van der Waals surface area contributed by atoms with Gasteiger partial charge in [-0.15, -0.1) is 0 Å². The second kappa shape index (κ2) is 9.58. The number of rotatable bonds is 7. The van der Waals surface area contributed by atoms with Crippen LogP contribution in [0.5, 0.6) is 17.2 Å². The molecule has 160 valence electrons. The number of aryl methyl sites for hydroxylation is 1. The molecule has 0 radical (unpaired) electrons. The summed E-state index contributed by atoms with van der Waals surface area (Å²) in [6.07, 6.45) is 0. The van der Waals surface area contributed by atoms with Crippen LogP contribution in [0.4, 0.5) is 0 Å². The summed E-state index contributed by atoms with van der Waals surface area (Å²) in [6.45, 7) is 4.13. The van der Waals surface area contributed by atoms with Crippen LogP contribution in [0.25, 0.3) is 11.3 Å². The minimum absolute atomic E-state index is 0.0784. The molecule has 0 saturated carbocycles. The molecule has 0 bridgehead atoms. The highest BCUT2D eigenvalue weighted by Gasteiger charge is 2.19. The first-order valence-electron chi connectivity index (χ1n) is 9.46. The predicted molar refractivity (Wildman–Crippen MR) is 120 cm³/mol. The van der Waals surface area contributed by atoms with Crippen molar-refractivity contribution in [1.82, 2.24) is 9.97 Å². The zero-order chi connectivity index (χ0) is 22.5. The summed E-state index contributed by atoms with van der Waals surface area (Å²) in [4.78, 5) is 19.9. The first kappa shape index (κ1) is 22.2. The van der Waals surface area contributed by atoms with Crippen molar-refractivity contribution in [3.63, 3.8) is 0 Å². The number of hydrogen-bond acceptors (Lipinski definition) is 7. The smallest absolute Gasteiger partial charge is 0.270 e. The number of hydrogen-bond donors (Lipinski definition) is 1. The molecule has 3 aromatic rings. The molecule has 1 N–H and O–H groups in total. The quantitative estimate of drug-likeness (QED) is 0.436. The van der Waals surface area contributed by atoms with Gasteiger partial charge in [0.15, 0.2) is 16.7 Å². The van der Waals surface area contributed by atoms with Crippen molar-refractivity contribution in [2.45, 2.75) is 24.8 Å². The van der Waals surface area contributed by atoms with Crippen molar-refractivity contribution in [2.24, 2.45) is 0 Å². The van der Waals surface area contributed by atoms with Crippen LogP contribution in [-0.4, -0.2) is 31.3 Å². The third-order valence-corrected chi connectivity index (χ3v) is 5.95. The number of aromatic nitrogens is 2. The molecule has 3 rings (SSSR count). The third-order valence-electron chi connectivity index (χ3n) is 5.03. The first-order valence-corrected chi connectivity index (χ1v) is 10.4. The van der Waals surface area contributed by atoms with E-state index in [-0.39, 0.29) is 11.3 Å². The van der Waals surface area contributed by atoms with Crippen molar-refractivity contribution in [3.8, 4) is 34.6 Å². The lowest BCUT2D eigenvalue weighted by atomic mass is 10.1. The van der Waals surface area contributed by atoms with Crippen molar-refractivity contribution < 1.29 is 14.2 Å². The van der Waals surface area contributed by atoms with E-state index in [0.29, 0.717) is 33.7 Å². The fraction of sp³-hybridized carbons (Fsp3) is 0.261. The lowest BCUT2D eigenvalue weighted by Crippen LogP contribution is -2.15. The number of nitrogens with one attached hydrogen (secondary N) is 1. The molecule has 0 unspecified atom stereocenters. The number of H-pyrrole nitrogens is 1. The summed E-state index contributed by atoms with van der Waals surface area (Å²) in [6, 6.07) is 11.4. The van der Waals surface area contributed by atoms with Gasteiger partial charge in [-0.25, -0.2) is 4.98 Å². The second-order valence-electron chi connectivity index (χ2n) is 6.77. The molecule has 0 aliphatic heterocycles. The minimum atomic E-state index is -0.496. The fourth-order valence-corrected chi connectivity index (χ4v) is 4.09. The molecule has 1 heterocycles. The summed E-state index contributed by atoms with van der Waals surface area (Å²) in [5, 5.41) is 10.0. The summed E-state index contributed by atoms with van der Waals surface area (Å²) < 4.78 is 16.1. The van der Waals surface area contributed by atoms with Gasteiger partial charge < -0.3 is 19.2 Å². The number of nitrogens with zero attached hydrogens (tertiary/aromatic N) is 2. The van der Waals surface area contributed by atoms with Gasteiger partial charge in [0.05, 0.1) is 27.0 Å². The molecule has 0 spiro atoms. The number of methoxy groups -OCH3 is 3. The number of benzene rings is 2. The van der Waals surface area contributed by atoms with Gasteiger partial charge in [0.25, 0.3) is 5.56 Å². The SMILES string of the molecule is COc1cc(-c2nc(SCc3cccc(C)c3C)[nH]c(=O)c2C#N)cc(OC)c1OC. The standard InChI is InChI=1S/C23H23N3O4S/c1-13-7-6-8-15(14(13)2)12-31-23-25-20(17(11-24)22(27)26-23)16-9-18(28-3)21(30-5)19(10-16)29-4/h6-10H,12H2,1-5H3,(H,25,26,27). The van der Waals surface area contributed by atoms with E-state index in [1.54, 1.807) is 12.1 Å². The van der Waals surface area contributed by atoms with Crippen LogP contribution >= 0.6 is 11.8 Å². The molecule has 0 aliphatic rings. The molecular formula is C23H23N3O4S. The van der Waals surface area contributed by atoms with Crippen LogP contribution in [0, 0.1) is 25.2 Å². The Labute approximate surface area is 185 Å². The van der Waals surface area contributed by atoms with Gasteiger partial charge in [0.2, 0.25) is 5.75 Å². The predicted octanol–water partition coefficient (Wildman–Crippen LogP) is 4.24. The topological polar surface area (TPSA) is 97.2 Å². The molecule has 0 amide bonds. The Kier molecular flexibility index (Phi) is 6.88. The third kappa shape index (κ3) is 4.52. The number of ether oxygens (including phenoxy) is 3. The van der Waals surface area contributed by atoms with Crippen LogP contribution in [0.2, 0.25) is 0 Å². The van der Waals surface area contributed by atoms with Gasteiger partial charge in [-0.3, -0.25) is 4.79 Å². The average Bonchev–Trinajstić information content (AvgIpc) is 2.78. The molecule has 0 aliphatic carbocycles. The zero-order valence-corrected chi connectivity index (χ0v) is 18.8. The van der Waals surface area contributed by atoms with Crippen LogP contribution in [-0.2, 0) is 5.75 Å². The maximum Gasteiger partial charge on any atom is 0.270 e. The number of thioether (sulfide) groups is 1. The summed E-state index contributed by atoms with van der Waals surface area (Å²) in [5.41, 5.74) is 3.77. The van der Waals surface area contributed by atoms with E-state index in [9.17, 15) is 10.1 Å². The van der Waals surface area contributed by atoms with Crippen LogP contribution in [0.3, 0.4) is 0 Å². The van der Waals surface area contributed by atoms with Gasteiger partial charge in [-0.1, -0.05) is 30.0 Å². The normalized spacial score (nSPS) is 10.5. The maximum absolute atomic E-state index is 12.6. The monoisotopic (exact) mass is 437 g/mol. The van der Waals surface area contributed by atoms with E-state index in [2.05, 4.69) is 35.9 Å². The molecule has 8 heteroatoms. The maximum atomic E-state index is 12.6. The molecule has 7 nitrogen and oxygen atoms in total. The van der Waals surface area contributed by atoms with E-state index in [1.807, 2.05) is 12.1 Å². The Bertz CT molecular complexity index is 1190. The van der Waals surface area contributed by atoms with Gasteiger partial charge in [0, 0.05) is 11.3 Å². The summed E-state index contributed by atoms with van der Waals surface area (Å²) >= 11 is 1.40. The van der Waals surface area contributed by atoms with E-state index in [4.69, 9.17) is 14.2 Å². The lowest BCUT2D eigenvalue weighted by Gasteiger charge is -2.14. The molecule has 0 atom stereocenters. The minimum Gasteiger partial charge on any atom is -0.493 e. The summed E-state index contributed by atoms with van der Waals surface area (Å²) in [5.74, 6) is 1.87. The van der Waals surface area contributed by atoms with E-state index >= 15 is 0 Å². The lowest BCUT2D eigenvalue weighted by molar-refractivity contribution is 0.324. The van der Waals surface area contributed by atoms with Crippen LogP contribution < -0.4 is 19.8 Å². The molecular weight excluding hydrogens is 414 g/mol. The van der Waals surface area contributed by atoms with Crippen molar-refractivity contribution in [1.29, 1.82) is 5.26 Å². The van der Waals surface area contributed by atoms with Crippen LogP contribution in [0.15, 0.2) is 40.3 Å². The Morgan fingerprint density at radius 2 is 1.77 bits per heavy atom. The van der Waals surface area contributed by atoms with Crippen molar-refractivity contribution in [2.75, 3.05) is 21.3 Å². The first-order chi connectivity index (χ1) is 14.9. The van der Waals surface area contributed by atoms with Gasteiger partial charge in [-0.2, -0.15) is 5.26 Å². The number of aromatic amines is 1. The Hall–Kier alpha value is -3.44. The molecule has 0 saturated heterocycles. The Morgan fingerprint density at radius 1 is 1.10 bits per heavy atom. The van der Waals surface area contributed by atoms with Crippen molar-refractivity contribution in [3.05, 3.63) is 62.9 Å². The zero-order valence-electron chi connectivity index (χ0n) is 18.0. The van der Waals surface area contributed by atoms with Crippen molar-refractivity contribution >= 4 is 11.8 Å². The molecule has 2 aromatic carbocycles. The Balaban J connectivity index is 2.07. The molecule has 0 fully saturated rings. The Morgan fingerprint density at radius 3 is 2.35 bits per heavy atom. The highest BCUT2D eigenvalue weighted by molar-refractivity contribution is 7.98. The van der Waals surface area contributed by atoms with Gasteiger partial charge in [0.1, 0.15) is 11.6 Å². The average molecular weight is 438 g/mol. The fourth-order valence-electron chi connectivity index (χ4n) is 3.17. The van der Waals surface area contributed by atoms with E-state index in [1.165, 1.54) is 44.2 Å². The number of nitriles is 1. The van der Waals surface area contributed by atoms with Gasteiger partial charge in [-0.05, 0) is 42.7 Å².